The van der Waals surface area contributed by atoms with Crippen LogP contribution in [0.3, 0.4) is 0 Å². The Labute approximate surface area is 251 Å². The van der Waals surface area contributed by atoms with E-state index in [1.54, 1.807) is 25.6 Å². The highest BCUT2D eigenvalue weighted by atomic mass is 32.2. The average molecular weight is 588 g/mol. The van der Waals surface area contributed by atoms with E-state index >= 15 is 0 Å². The maximum absolute atomic E-state index is 13.3. The first-order chi connectivity index (χ1) is 20.5. The zero-order valence-electron chi connectivity index (χ0n) is 24.0. The van der Waals surface area contributed by atoms with Crippen LogP contribution >= 0.6 is 11.8 Å². The smallest absolute Gasteiger partial charge is 0.410 e. The van der Waals surface area contributed by atoms with Gasteiger partial charge in [0.2, 0.25) is 0 Å². The van der Waals surface area contributed by atoms with E-state index in [4.69, 9.17) is 14.2 Å². The molecule has 1 saturated heterocycles. The number of rotatable bonds is 12. The molecular formula is C34H37NO6S. The van der Waals surface area contributed by atoms with Gasteiger partial charge in [-0.15, -0.1) is 11.8 Å². The van der Waals surface area contributed by atoms with Crippen molar-refractivity contribution in [3.05, 3.63) is 120 Å². The highest BCUT2D eigenvalue weighted by Crippen LogP contribution is 2.52. The Balaban J connectivity index is 1.82. The molecule has 0 aliphatic carbocycles. The van der Waals surface area contributed by atoms with E-state index in [0.717, 1.165) is 16.7 Å². The largest absolute Gasteiger partial charge is 0.465 e. The fourth-order valence-corrected chi connectivity index (χ4v) is 7.34. The molecule has 1 aliphatic rings. The third-order valence-electron chi connectivity index (χ3n) is 7.21. The van der Waals surface area contributed by atoms with Crippen LogP contribution in [0, 0.1) is 5.92 Å². The molecule has 7 nitrogen and oxygen atoms in total. The molecule has 2 atom stereocenters. The Morgan fingerprint density at radius 1 is 0.833 bits per heavy atom. The molecule has 0 N–H and O–H groups in total. The Bertz CT molecular complexity index is 1220. The molecule has 1 aliphatic heterocycles. The summed E-state index contributed by atoms with van der Waals surface area (Å²) in [5.41, 5.74) is 3.22. The normalized spacial score (nSPS) is 16.6. The summed E-state index contributed by atoms with van der Waals surface area (Å²) in [5.74, 6) is -2.73. The highest BCUT2D eigenvalue weighted by Gasteiger charge is 2.51. The Hall–Kier alpha value is -4.04. The molecule has 0 unspecified atom stereocenters. The second-order valence-electron chi connectivity index (χ2n) is 9.82. The van der Waals surface area contributed by atoms with Crippen LogP contribution in [0.5, 0.6) is 0 Å². The van der Waals surface area contributed by atoms with Gasteiger partial charge < -0.3 is 19.1 Å². The van der Waals surface area contributed by atoms with Crippen LogP contribution in [0.1, 0.15) is 37.0 Å². The summed E-state index contributed by atoms with van der Waals surface area (Å²) in [4.78, 5) is 41.1. The molecule has 0 saturated carbocycles. The van der Waals surface area contributed by atoms with Crippen molar-refractivity contribution in [2.45, 2.75) is 36.3 Å². The third kappa shape index (κ3) is 6.71. The van der Waals surface area contributed by atoms with Crippen molar-refractivity contribution >= 4 is 29.8 Å². The summed E-state index contributed by atoms with van der Waals surface area (Å²) >= 11 is 1.70. The molecule has 1 heterocycles. The van der Waals surface area contributed by atoms with Crippen molar-refractivity contribution in [3.8, 4) is 0 Å². The van der Waals surface area contributed by atoms with Gasteiger partial charge in [-0.2, -0.15) is 0 Å². The molecule has 8 heteroatoms. The summed E-state index contributed by atoms with van der Waals surface area (Å²) in [6.07, 6.45) is 1.21. The van der Waals surface area contributed by atoms with Gasteiger partial charge in [0.05, 0.1) is 24.0 Å². The molecule has 0 spiro atoms. The first-order valence-corrected chi connectivity index (χ1v) is 15.1. The van der Waals surface area contributed by atoms with Crippen LogP contribution in [0.15, 0.2) is 104 Å². The molecule has 3 aromatic rings. The first-order valence-electron chi connectivity index (χ1n) is 14.2. The average Bonchev–Trinajstić information content (AvgIpc) is 3.43. The number of carbonyl (C=O) groups is 3. The molecule has 3 aromatic carbocycles. The quantitative estimate of drug-likeness (QED) is 0.0818. The number of amides is 1. The summed E-state index contributed by atoms with van der Waals surface area (Å²) in [6.45, 7) is 7.45. The molecule has 42 heavy (non-hydrogen) atoms. The lowest BCUT2D eigenvalue weighted by molar-refractivity contribution is -0.164. The summed E-state index contributed by atoms with van der Waals surface area (Å²) < 4.78 is 15.4. The minimum absolute atomic E-state index is 0.00528. The molecule has 4 rings (SSSR count). The van der Waals surface area contributed by atoms with Gasteiger partial charge in [-0.3, -0.25) is 9.59 Å². The van der Waals surface area contributed by atoms with Gasteiger partial charge in [0, 0.05) is 11.8 Å². The van der Waals surface area contributed by atoms with E-state index in [1.807, 2.05) is 54.6 Å². The minimum Gasteiger partial charge on any atom is -0.465 e. The van der Waals surface area contributed by atoms with Gasteiger partial charge in [-0.25, -0.2) is 4.79 Å². The van der Waals surface area contributed by atoms with Gasteiger partial charge in [-0.1, -0.05) is 104 Å². The number of ether oxygens (including phenoxy) is 3. The van der Waals surface area contributed by atoms with Crippen molar-refractivity contribution in [2.75, 3.05) is 26.4 Å². The fourth-order valence-electron chi connectivity index (χ4n) is 5.50. The Kier molecular flexibility index (Phi) is 10.8. The van der Waals surface area contributed by atoms with Crippen LogP contribution in [-0.4, -0.2) is 60.6 Å². The predicted molar refractivity (Wildman–Crippen MR) is 164 cm³/mol. The van der Waals surface area contributed by atoms with E-state index in [0.29, 0.717) is 6.42 Å². The number of esters is 2. The van der Waals surface area contributed by atoms with Gasteiger partial charge in [0.25, 0.3) is 0 Å². The van der Waals surface area contributed by atoms with E-state index in [1.165, 1.54) is 11.0 Å². The van der Waals surface area contributed by atoms with E-state index in [-0.39, 0.29) is 31.6 Å². The van der Waals surface area contributed by atoms with Crippen molar-refractivity contribution < 1.29 is 28.6 Å². The first kappa shape index (κ1) is 30.9. The number of hydrogen-bond donors (Lipinski definition) is 0. The van der Waals surface area contributed by atoms with Crippen LogP contribution in [0.4, 0.5) is 4.79 Å². The van der Waals surface area contributed by atoms with Gasteiger partial charge in [-0.05, 0) is 37.0 Å². The van der Waals surface area contributed by atoms with Crippen LogP contribution in [-0.2, 0) is 28.5 Å². The highest BCUT2D eigenvalue weighted by molar-refractivity contribution is 8.01. The third-order valence-corrected chi connectivity index (χ3v) is 8.95. The lowest BCUT2D eigenvalue weighted by Crippen LogP contribution is -2.47. The van der Waals surface area contributed by atoms with E-state index < -0.39 is 34.7 Å². The number of carbonyl (C=O) groups excluding carboxylic acids is 3. The molecule has 220 valence electrons. The lowest BCUT2D eigenvalue weighted by atomic mass is 9.84. The lowest BCUT2D eigenvalue weighted by Gasteiger charge is -2.37. The van der Waals surface area contributed by atoms with Crippen molar-refractivity contribution in [3.63, 3.8) is 0 Å². The Morgan fingerprint density at radius 3 is 1.69 bits per heavy atom. The van der Waals surface area contributed by atoms with Crippen molar-refractivity contribution in [2.24, 2.45) is 5.92 Å². The van der Waals surface area contributed by atoms with Crippen molar-refractivity contribution in [1.29, 1.82) is 0 Å². The van der Waals surface area contributed by atoms with Crippen molar-refractivity contribution in [1.82, 2.24) is 4.90 Å². The molecule has 1 fully saturated rings. The molecule has 1 amide bonds. The maximum Gasteiger partial charge on any atom is 0.410 e. The number of likely N-dealkylation sites (tertiary alicyclic amines) is 1. The fraction of sp³-hybridized carbons (Fsp3) is 0.324. The van der Waals surface area contributed by atoms with Gasteiger partial charge in [0.1, 0.15) is 6.61 Å². The second-order valence-corrected chi connectivity index (χ2v) is 11.3. The molecule has 0 radical (unpaired) electrons. The molecule has 0 bridgehead atoms. The SMILES string of the molecule is C=CCOC(=O)N1C[C@@H](SC(c2ccccc2)(c2ccccc2)c2ccccc2)C[C@H]1C(C(=O)OCC)C(=O)OCC. The standard InChI is InChI=1S/C34H37NO6S/c1-4-22-41-33(38)35-24-28(23-29(35)30(31(36)39-5-2)32(37)40-6-3)42-34(25-16-10-7-11-17-25,26-18-12-8-13-19-26)27-20-14-9-15-21-27/h4,7-21,28-30H,1,5-6,22-24H2,2-3H3/t28-,29-/m0/s1. The van der Waals surface area contributed by atoms with Crippen LogP contribution in [0.25, 0.3) is 0 Å². The summed E-state index contributed by atoms with van der Waals surface area (Å²) in [6, 6.07) is 29.9. The molecule has 0 aromatic heterocycles. The summed E-state index contributed by atoms with van der Waals surface area (Å²) in [5, 5.41) is -0.182. The topological polar surface area (TPSA) is 82.1 Å². The zero-order valence-corrected chi connectivity index (χ0v) is 24.8. The van der Waals surface area contributed by atoms with Crippen LogP contribution < -0.4 is 0 Å². The summed E-state index contributed by atoms with van der Waals surface area (Å²) in [7, 11) is 0. The number of hydrogen-bond acceptors (Lipinski definition) is 7. The van der Waals surface area contributed by atoms with E-state index in [9.17, 15) is 14.4 Å². The number of thioether (sulfide) groups is 1. The zero-order chi connectivity index (χ0) is 30.0. The van der Waals surface area contributed by atoms with E-state index in [2.05, 4.69) is 43.0 Å². The number of nitrogens with zero attached hydrogens (tertiary/aromatic N) is 1. The minimum atomic E-state index is -1.30. The molecular weight excluding hydrogens is 550 g/mol. The monoisotopic (exact) mass is 587 g/mol. The van der Waals surface area contributed by atoms with Gasteiger partial charge in [0.15, 0.2) is 5.92 Å². The van der Waals surface area contributed by atoms with Gasteiger partial charge >= 0.3 is 18.0 Å². The maximum atomic E-state index is 13.3. The predicted octanol–water partition coefficient (Wildman–Crippen LogP) is 6.22. The van der Waals surface area contributed by atoms with Crippen LogP contribution in [0.2, 0.25) is 0 Å². The Morgan fingerprint density at radius 2 is 1.29 bits per heavy atom. The number of benzene rings is 3. The second kappa shape index (κ2) is 14.7.